The molecule has 0 bridgehead atoms. The summed E-state index contributed by atoms with van der Waals surface area (Å²) < 4.78 is 13.0. The summed E-state index contributed by atoms with van der Waals surface area (Å²) in [6.45, 7) is 5.71. The van der Waals surface area contributed by atoms with Crippen LogP contribution in [0.1, 0.15) is 37.9 Å². The lowest BCUT2D eigenvalue weighted by molar-refractivity contribution is 0.0950. The SMILES string of the molecule is N#Cc1ccc(CN2CCCN(Cc3nnc(C(=O)NCc4ccc(F)cc4)s3)CC2)cc1. The van der Waals surface area contributed by atoms with E-state index in [0.717, 1.165) is 49.7 Å². The summed E-state index contributed by atoms with van der Waals surface area (Å²) in [4.78, 5) is 17.2. The van der Waals surface area contributed by atoms with Crippen molar-refractivity contribution in [2.75, 3.05) is 26.2 Å². The molecular formula is C24H25FN6OS. The van der Waals surface area contributed by atoms with Gasteiger partial charge in [-0.1, -0.05) is 35.6 Å². The van der Waals surface area contributed by atoms with Crippen molar-refractivity contribution in [3.05, 3.63) is 81.1 Å². The lowest BCUT2D eigenvalue weighted by Gasteiger charge is -2.21. The summed E-state index contributed by atoms with van der Waals surface area (Å²) in [5, 5.41) is 21.2. The standard InChI is InChI=1S/C24H25FN6OS/c25-21-8-6-19(7-9-21)15-27-23(32)24-29-28-22(33-24)17-31-11-1-10-30(12-13-31)16-20-4-2-18(14-26)3-5-20/h2-9H,1,10-13,15-17H2,(H,27,32). The monoisotopic (exact) mass is 464 g/mol. The minimum Gasteiger partial charge on any atom is -0.346 e. The Morgan fingerprint density at radius 2 is 1.64 bits per heavy atom. The van der Waals surface area contributed by atoms with Crippen molar-refractivity contribution in [2.45, 2.75) is 26.1 Å². The van der Waals surface area contributed by atoms with Gasteiger partial charge in [0.05, 0.1) is 18.2 Å². The zero-order valence-electron chi connectivity index (χ0n) is 18.2. The lowest BCUT2D eigenvalue weighted by atomic mass is 10.1. The first-order valence-electron chi connectivity index (χ1n) is 10.9. The van der Waals surface area contributed by atoms with Crippen LogP contribution in [0.4, 0.5) is 4.39 Å². The van der Waals surface area contributed by atoms with Gasteiger partial charge < -0.3 is 5.32 Å². The summed E-state index contributed by atoms with van der Waals surface area (Å²) in [5.41, 5.74) is 2.72. The molecule has 0 unspecified atom stereocenters. The molecule has 2 heterocycles. The number of aromatic nitrogens is 2. The second-order valence-electron chi connectivity index (χ2n) is 8.02. The maximum Gasteiger partial charge on any atom is 0.282 e. The van der Waals surface area contributed by atoms with E-state index in [0.29, 0.717) is 23.7 Å². The number of nitrogens with one attached hydrogen (secondary N) is 1. The Morgan fingerprint density at radius 3 is 2.33 bits per heavy atom. The van der Waals surface area contributed by atoms with Crippen LogP contribution in [0, 0.1) is 17.1 Å². The molecule has 0 radical (unpaired) electrons. The van der Waals surface area contributed by atoms with E-state index in [9.17, 15) is 9.18 Å². The molecule has 3 aromatic rings. The molecule has 1 aliphatic heterocycles. The Kier molecular flexibility index (Phi) is 7.73. The van der Waals surface area contributed by atoms with Gasteiger partial charge in [0.2, 0.25) is 5.01 Å². The van der Waals surface area contributed by atoms with Crippen molar-refractivity contribution in [1.82, 2.24) is 25.3 Å². The number of carbonyl (C=O) groups is 1. The van der Waals surface area contributed by atoms with E-state index in [1.54, 1.807) is 12.1 Å². The maximum absolute atomic E-state index is 13.0. The number of carbonyl (C=O) groups excluding carboxylic acids is 1. The third-order valence-electron chi connectivity index (χ3n) is 5.56. The largest absolute Gasteiger partial charge is 0.346 e. The first-order chi connectivity index (χ1) is 16.1. The van der Waals surface area contributed by atoms with Gasteiger partial charge in [-0.25, -0.2) is 4.39 Å². The highest BCUT2D eigenvalue weighted by Gasteiger charge is 2.18. The number of nitriles is 1. The Hall–Kier alpha value is -3.19. The molecule has 0 saturated carbocycles. The molecule has 1 amide bonds. The van der Waals surface area contributed by atoms with E-state index in [-0.39, 0.29) is 11.7 Å². The first kappa shape index (κ1) is 23.0. The second kappa shape index (κ2) is 11.1. The van der Waals surface area contributed by atoms with Gasteiger partial charge in [-0.3, -0.25) is 14.6 Å². The van der Waals surface area contributed by atoms with Crippen LogP contribution < -0.4 is 5.32 Å². The van der Waals surface area contributed by atoms with E-state index in [1.165, 1.54) is 29.0 Å². The normalized spacial score (nSPS) is 15.0. The Labute approximate surface area is 196 Å². The fourth-order valence-corrected chi connectivity index (χ4v) is 4.54. The molecule has 1 aliphatic rings. The van der Waals surface area contributed by atoms with E-state index in [1.807, 2.05) is 24.3 Å². The van der Waals surface area contributed by atoms with Crippen molar-refractivity contribution >= 4 is 17.2 Å². The molecule has 1 saturated heterocycles. The Balaban J connectivity index is 1.25. The minimum absolute atomic E-state index is 0.271. The van der Waals surface area contributed by atoms with Crippen LogP contribution >= 0.6 is 11.3 Å². The van der Waals surface area contributed by atoms with Gasteiger partial charge >= 0.3 is 0 Å². The number of rotatable bonds is 7. The topological polar surface area (TPSA) is 85.2 Å². The number of hydrogen-bond acceptors (Lipinski definition) is 7. The fourth-order valence-electron chi connectivity index (χ4n) is 3.74. The third kappa shape index (κ3) is 6.65. The number of hydrogen-bond donors (Lipinski definition) is 1. The molecule has 0 spiro atoms. The highest BCUT2D eigenvalue weighted by Crippen LogP contribution is 2.16. The molecule has 1 N–H and O–H groups in total. The van der Waals surface area contributed by atoms with Crippen LogP contribution in [0.15, 0.2) is 48.5 Å². The van der Waals surface area contributed by atoms with Crippen LogP contribution in [0.5, 0.6) is 0 Å². The highest BCUT2D eigenvalue weighted by atomic mass is 32.1. The molecule has 9 heteroatoms. The Bertz CT molecular complexity index is 1110. The first-order valence-corrected chi connectivity index (χ1v) is 11.7. The van der Waals surface area contributed by atoms with Gasteiger partial charge in [-0.05, 0) is 54.9 Å². The maximum atomic E-state index is 13.0. The Morgan fingerprint density at radius 1 is 0.970 bits per heavy atom. The summed E-state index contributed by atoms with van der Waals surface area (Å²) in [7, 11) is 0. The van der Waals surface area contributed by atoms with Crippen molar-refractivity contribution in [3.63, 3.8) is 0 Å². The molecule has 33 heavy (non-hydrogen) atoms. The highest BCUT2D eigenvalue weighted by molar-refractivity contribution is 7.13. The van der Waals surface area contributed by atoms with Crippen LogP contribution in [0.2, 0.25) is 0 Å². The lowest BCUT2D eigenvalue weighted by Crippen LogP contribution is -2.30. The molecule has 2 aromatic carbocycles. The van der Waals surface area contributed by atoms with Gasteiger partial charge in [-0.15, -0.1) is 10.2 Å². The molecule has 7 nitrogen and oxygen atoms in total. The quantitative estimate of drug-likeness (QED) is 0.578. The summed E-state index contributed by atoms with van der Waals surface area (Å²) >= 11 is 1.31. The number of halogens is 1. The van der Waals surface area contributed by atoms with Crippen molar-refractivity contribution in [3.8, 4) is 6.07 Å². The molecule has 0 atom stereocenters. The zero-order valence-corrected chi connectivity index (χ0v) is 19.0. The van der Waals surface area contributed by atoms with Crippen LogP contribution in [-0.2, 0) is 19.6 Å². The number of amides is 1. The van der Waals surface area contributed by atoms with E-state index >= 15 is 0 Å². The summed E-state index contributed by atoms with van der Waals surface area (Å²) in [6, 6.07) is 16.0. The van der Waals surface area contributed by atoms with Crippen molar-refractivity contribution in [2.24, 2.45) is 0 Å². The zero-order chi connectivity index (χ0) is 23.0. The predicted octanol–water partition coefficient (Wildman–Crippen LogP) is 3.19. The molecular weight excluding hydrogens is 439 g/mol. The van der Waals surface area contributed by atoms with Gasteiger partial charge in [0.1, 0.15) is 10.8 Å². The summed E-state index contributed by atoms with van der Waals surface area (Å²) in [5.74, 6) is -0.572. The van der Waals surface area contributed by atoms with Gasteiger partial charge in [0.25, 0.3) is 5.91 Å². The average Bonchev–Trinajstić information content (AvgIpc) is 3.19. The number of nitrogens with zero attached hydrogens (tertiary/aromatic N) is 5. The minimum atomic E-state index is -0.301. The van der Waals surface area contributed by atoms with Crippen molar-refractivity contribution in [1.29, 1.82) is 5.26 Å². The number of benzene rings is 2. The van der Waals surface area contributed by atoms with Gasteiger partial charge in [0.15, 0.2) is 0 Å². The second-order valence-corrected chi connectivity index (χ2v) is 9.09. The molecule has 170 valence electrons. The fraction of sp³-hybridized carbons (Fsp3) is 0.333. The van der Waals surface area contributed by atoms with E-state index < -0.39 is 0 Å². The van der Waals surface area contributed by atoms with Crippen LogP contribution in [0.25, 0.3) is 0 Å². The van der Waals surface area contributed by atoms with E-state index in [2.05, 4.69) is 31.4 Å². The predicted molar refractivity (Wildman–Crippen MR) is 124 cm³/mol. The average molecular weight is 465 g/mol. The molecule has 0 aliphatic carbocycles. The molecule has 4 rings (SSSR count). The van der Waals surface area contributed by atoms with Crippen molar-refractivity contribution < 1.29 is 9.18 Å². The van der Waals surface area contributed by atoms with Crippen LogP contribution in [0.3, 0.4) is 0 Å². The van der Waals surface area contributed by atoms with Crippen LogP contribution in [-0.4, -0.2) is 52.1 Å². The summed E-state index contributed by atoms with van der Waals surface area (Å²) in [6.07, 6.45) is 1.06. The van der Waals surface area contributed by atoms with Gasteiger partial charge in [-0.2, -0.15) is 5.26 Å². The van der Waals surface area contributed by atoms with E-state index in [4.69, 9.17) is 5.26 Å². The molecule has 1 aromatic heterocycles. The molecule has 1 fully saturated rings. The smallest absolute Gasteiger partial charge is 0.282 e. The third-order valence-corrected chi connectivity index (χ3v) is 6.46. The van der Waals surface area contributed by atoms with Gasteiger partial charge in [0, 0.05) is 26.2 Å².